The van der Waals surface area contributed by atoms with Crippen molar-refractivity contribution in [2.45, 2.75) is 39.2 Å². The Hall–Kier alpha value is -1.26. The second kappa shape index (κ2) is 7.17. The summed E-state index contributed by atoms with van der Waals surface area (Å²) in [6.45, 7) is 4.17. The van der Waals surface area contributed by atoms with E-state index in [0.717, 1.165) is 6.42 Å². The monoisotopic (exact) mass is 202 g/mol. The van der Waals surface area contributed by atoms with Crippen LogP contribution in [0.4, 0.5) is 4.79 Å². The highest BCUT2D eigenvalue weighted by atomic mass is 16.6. The van der Waals surface area contributed by atoms with E-state index in [4.69, 9.17) is 10.5 Å². The van der Waals surface area contributed by atoms with Gasteiger partial charge in [-0.15, -0.1) is 0 Å². The van der Waals surface area contributed by atoms with Gasteiger partial charge in [-0.1, -0.05) is 6.92 Å². The van der Waals surface area contributed by atoms with Gasteiger partial charge in [-0.3, -0.25) is 4.79 Å². The highest BCUT2D eigenvalue weighted by molar-refractivity contribution is 5.73. The van der Waals surface area contributed by atoms with Crippen molar-refractivity contribution in [3.8, 4) is 0 Å². The standard InChI is InChI=1S/C9H18N2O3/c1-3-7(2)14-9(13)11-6-4-5-8(10)12/h7H,3-6H2,1-2H3,(H2,10,12)(H,11,13). The molecular formula is C9H18N2O3. The number of carbonyl (C=O) groups is 2. The van der Waals surface area contributed by atoms with Crippen LogP contribution in [0.3, 0.4) is 0 Å². The molecule has 0 saturated carbocycles. The minimum atomic E-state index is -0.441. The smallest absolute Gasteiger partial charge is 0.407 e. The van der Waals surface area contributed by atoms with Gasteiger partial charge in [-0.25, -0.2) is 4.79 Å². The number of alkyl carbamates (subject to hydrolysis) is 1. The second-order valence-corrected chi connectivity index (χ2v) is 3.12. The van der Waals surface area contributed by atoms with Crippen LogP contribution in [0.1, 0.15) is 33.1 Å². The first-order valence-electron chi connectivity index (χ1n) is 4.79. The molecular weight excluding hydrogens is 184 g/mol. The molecule has 0 aliphatic heterocycles. The highest BCUT2D eigenvalue weighted by Crippen LogP contribution is 1.95. The zero-order valence-electron chi connectivity index (χ0n) is 8.71. The summed E-state index contributed by atoms with van der Waals surface area (Å²) in [6.07, 6.45) is 1.10. The summed E-state index contributed by atoms with van der Waals surface area (Å²) in [4.78, 5) is 21.4. The molecule has 0 saturated heterocycles. The molecule has 2 amide bonds. The topological polar surface area (TPSA) is 81.4 Å². The van der Waals surface area contributed by atoms with Crippen molar-refractivity contribution in [1.29, 1.82) is 0 Å². The van der Waals surface area contributed by atoms with Crippen LogP contribution in [0.15, 0.2) is 0 Å². The molecule has 0 aromatic rings. The first-order valence-corrected chi connectivity index (χ1v) is 4.79. The lowest BCUT2D eigenvalue weighted by Gasteiger charge is -2.11. The SMILES string of the molecule is CCC(C)OC(=O)NCCCC(N)=O. The Morgan fingerprint density at radius 2 is 2.14 bits per heavy atom. The van der Waals surface area contributed by atoms with E-state index >= 15 is 0 Å². The molecule has 0 spiro atoms. The Labute approximate surface area is 84.0 Å². The zero-order valence-corrected chi connectivity index (χ0v) is 8.71. The number of ether oxygens (including phenoxy) is 1. The van der Waals surface area contributed by atoms with E-state index in [9.17, 15) is 9.59 Å². The van der Waals surface area contributed by atoms with Crippen LogP contribution in [0.2, 0.25) is 0 Å². The van der Waals surface area contributed by atoms with Gasteiger partial charge in [0.1, 0.15) is 6.10 Å². The number of amides is 2. The van der Waals surface area contributed by atoms with E-state index in [-0.39, 0.29) is 18.4 Å². The van der Waals surface area contributed by atoms with Gasteiger partial charge in [-0.2, -0.15) is 0 Å². The fraction of sp³-hybridized carbons (Fsp3) is 0.778. The quantitative estimate of drug-likeness (QED) is 0.624. The number of hydrogen-bond donors (Lipinski definition) is 2. The van der Waals surface area contributed by atoms with Crippen molar-refractivity contribution < 1.29 is 14.3 Å². The number of nitrogens with one attached hydrogen (secondary N) is 1. The zero-order chi connectivity index (χ0) is 11.0. The summed E-state index contributed by atoms with van der Waals surface area (Å²) in [6, 6.07) is 0. The Kier molecular flexibility index (Phi) is 6.53. The third-order valence-electron chi connectivity index (χ3n) is 1.75. The second-order valence-electron chi connectivity index (χ2n) is 3.12. The molecule has 5 heteroatoms. The summed E-state index contributed by atoms with van der Waals surface area (Å²) < 4.78 is 4.94. The van der Waals surface area contributed by atoms with Gasteiger partial charge in [0, 0.05) is 13.0 Å². The van der Waals surface area contributed by atoms with Crippen LogP contribution in [-0.2, 0) is 9.53 Å². The van der Waals surface area contributed by atoms with Gasteiger partial charge in [0.05, 0.1) is 0 Å². The molecule has 0 rings (SSSR count). The fourth-order valence-electron chi connectivity index (χ4n) is 0.761. The minimum absolute atomic E-state index is 0.0776. The molecule has 0 aliphatic carbocycles. The first-order chi connectivity index (χ1) is 6.56. The van der Waals surface area contributed by atoms with Gasteiger partial charge >= 0.3 is 6.09 Å². The molecule has 1 unspecified atom stereocenters. The predicted molar refractivity (Wildman–Crippen MR) is 52.7 cm³/mol. The normalized spacial score (nSPS) is 11.9. The lowest BCUT2D eigenvalue weighted by atomic mass is 10.3. The summed E-state index contributed by atoms with van der Waals surface area (Å²) in [5.41, 5.74) is 4.93. The highest BCUT2D eigenvalue weighted by Gasteiger charge is 2.05. The lowest BCUT2D eigenvalue weighted by Crippen LogP contribution is -2.29. The van der Waals surface area contributed by atoms with Crippen LogP contribution in [0.5, 0.6) is 0 Å². The van der Waals surface area contributed by atoms with Crippen LogP contribution in [0.25, 0.3) is 0 Å². The Bertz CT molecular complexity index is 194. The molecule has 3 N–H and O–H groups in total. The molecule has 0 radical (unpaired) electrons. The van der Waals surface area contributed by atoms with Gasteiger partial charge < -0.3 is 15.8 Å². The van der Waals surface area contributed by atoms with Gasteiger partial charge in [0.2, 0.25) is 5.91 Å². The molecule has 0 aliphatic rings. The lowest BCUT2D eigenvalue weighted by molar-refractivity contribution is -0.118. The average molecular weight is 202 g/mol. The van der Waals surface area contributed by atoms with Crippen LogP contribution in [-0.4, -0.2) is 24.6 Å². The molecule has 0 bridgehead atoms. The van der Waals surface area contributed by atoms with Crippen molar-refractivity contribution in [2.75, 3.05) is 6.54 Å². The van der Waals surface area contributed by atoms with E-state index in [1.54, 1.807) is 0 Å². The average Bonchev–Trinajstić information content (AvgIpc) is 2.12. The third kappa shape index (κ3) is 7.39. The number of carbonyl (C=O) groups excluding carboxylic acids is 2. The third-order valence-corrected chi connectivity index (χ3v) is 1.75. The summed E-state index contributed by atoms with van der Waals surface area (Å²) in [5.74, 6) is -0.359. The van der Waals surface area contributed by atoms with E-state index in [0.29, 0.717) is 13.0 Å². The maximum Gasteiger partial charge on any atom is 0.407 e. The van der Waals surface area contributed by atoms with E-state index < -0.39 is 6.09 Å². The fourth-order valence-corrected chi connectivity index (χ4v) is 0.761. The van der Waals surface area contributed by atoms with E-state index in [1.165, 1.54) is 0 Å². The van der Waals surface area contributed by atoms with Crippen molar-refractivity contribution in [1.82, 2.24) is 5.32 Å². The van der Waals surface area contributed by atoms with E-state index in [1.807, 2.05) is 13.8 Å². The van der Waals surface area contributed by atoms with E-state index in [2.05, 4.69) is 5.32 Å². The summed E-state index contributed by atoms with van der Waals surface area (Å²) in [5, 5.41) is 2.53. The maximum atomic E-state index is 11.0. The van der Waals surface area contributed by atoms with Gasteiger partial charge in [0.25, 0.3) is 0 Å². The molecule has 0 fully saturated rings. The predicted octanol–water partition coefficient (Wildman–Crippen LogP) is 0.777. The maximum absolute atomic E-state index is 11.0. The summed E-state index contributed by atoms with van der Waals surface area (Å²) >= 11 is 0. The minimum Gasteiger partial charge on any atom is -0.447 e. The molecule has 0 aromatic carbocycles. The summed E-state index contributed by atoms with van der Waals surface area (Å²) in [7, 11) is 0. The van der Waals surface area contributed by atoms with Crippen molar-refractivity contribution in [3.05, 3.63) is 0 Å². The van der Waals surface area contributed by atoms with Crippen molar-refractivity contribution >= 4 is 12.0 Å². The molecule has 82 valence electrons. The van der Waals surface area contributed by atoms with Crippen molar-refractivity contribution in [2.24, 2.45) is 5.73 Å². The molecule has 0 aromatic heterocycles. The van der Waals surface area contributed by atoms with Crippen molar-refractivity contribution in [3.63, 3.8) is 0 Å². The number of hydrogen-bond acceptors (Lipinski definition) is 3. The van der Waals surface area contributed by atoms with Gasteiger partial charge in [-0.05, 0) is 19.8 Å². The number of rotatable bonds is 6. The van der Waals surface area contributed by atoms with Crippen LogP contribution < -0.4 is 11.1 Å². The van der Waals surface area contributed by atoms with Gasteiger partial charge in [0.15, 0.2) is 0 Å². The number of nitrogens with two attached hydrogens (primary N) is 1. The molecule has 14 heavy (non-hydrogen) atoms. The van der Waals surface area contributed by atoms with Crippen LogP contribution >= 0.6 is 0 Å². The largest absolute Gasteiger partial charge is 0.447 e. The Morgan fingerprint density at radius 1 is 1.50 bits per heavy atom. The molecule has 1 atom stereocenters. The van der Waals surface area contributed by atoms with Crippen LogP contribution in [0, 0.1) is 0 Å². The molecule has 5 nitrogen and oxygen atoms in total. The number of primary amides is 1. The first kappa shape index (κ1) is 12.7. The Balaban J connectivity index is 3.40. The molecule has 0 heterocycles. The Morgan fingerprint density at radius 3 is 2.64 bits per heavy atom.